The molecule has 0 aromatic carbocycles. The SMILES string of the molecule is Nc1cc(C(=O)N2CCN3CCCCC3C2)[nH]n1. The summed E-state index contributed by atoms with van der Waals surface area (Å²) in [6.45, 7) is 3.80. The van der Waals surface area contributed by atoms with Crippen molar-refractivity contribution in [3.63, 3.8) is 0 Å². The van der Waals surface area contributed by atoms with Crippen LogP contribution in [0.2, 0.25) is 0 Å². The summed E-state index contributed by atoms with van der Waals surface area (Å²) in [5.41, 5.74) is 6.03. The molecule has 1 unspecified atom stereocenters. The first-order valence-corrected chi connectivity index (χ1v) is 6.58. The number of carbonyl (C=O) groups is 1. The second-order valence-corrected chi connectivity index (χ2v) is 5.14. The Labute approximate surface area is 106 Å². The van der Waals surface area contributed by atoms with Crippen molar-refractivity contribution in [1.29, 1.82) is 0 Å². The predicted octanol–water partition coefficient (Wildman–Crippen LogP) is 0.302. The van der Waals surface area contributed by atoms with Crippen molar-refractivity contribution in [3.05, 3.63) is 11.8 Å². The summed E-state index contributed by atoms with van der Waals surface area (Å²) in [4.78, 5) is 16.7. The molecule has 98 valence electrons. The molecule has 3 N–H and O–H groups in total. The van der Waals surface area contributed by atoms with Crippen LogP contribution in [-0.2, 0) is 0 Å². The van der Waals surface area contributed by atoms with Crippen LogP contribution in [0.1, 0.15) is 29.8 Å². The number of nitrogens with one attached hydrogen (secondary N) is 1. The van der Waals surface area contributed by atoms with E-state index < -0.39 is 0 Å². The first-order valence-electron chi connectivity index (χ1n) is 6.58. The molecule has 3 rings (SSSR count). The van der Waals surface area contributed by atoms with Crippen molar-refractivity contribution in [1.82, 2.24) is 20.0 Å². The Balaban J connectivity index is 1.68. The number of anilines is 1. The molecule has 3 heterocycles. The molecule has 0 aliphatic carbocycles. The summed E-state index contributed by atoms with van der Waals surface area (Å²) in [6, 6.07) is 2.15. The van der Waals surface area contributed by atoms with E-state index >= 15 is 0 Å². The number of H-pyrrole nitrogens is 1. The average molecular weight is 249 g/mol. The van der Waals surface area contributed by atoms with Gasteiger partial charge >= 0.3 is 0 Å². The summed E-state index contributed by atoms with van der Waals surface area (Å²) in [5.74, 6) is 0.388. The van der Waals surface area contributed by atoms with E-state index in [9.17, 15) is 4.79 Å². The molecular weight excluding hydrogens is 230 g/mol. The molecule has 6 nitrogen and oxygen atoms in total. The van der Waals surface area contributed by atoms with Crippen molar-refractivity contribution < 1.29 is 4.79 Å². The number of carbonyl (C=O) groups excluding carboxylic acids is 1. The lowest BCUT2D eigenvalue weighted by molar-refractivity contribution is 0.0368. The monoisotopic (exact) mass is 249 g/mol. The molecule has 2 saturated heterocycles. The Bertz CT molecular complexity index is 443. The predicted molar refractivity (Wildman–Crippen MR) is 68.1 cm³/mol. The fourth-order valence-electron chi connectivity index (χ4n) is 2.96. The molecule has 1 amide bonds. The third-order valence-electron chi connectivity index (χ3n) is 3.95. The number of aromatic amines is 1. The van der Waals surface area contributed by atoms with Crippen LogP contribution >= 0.6 is 0 Å². The van der Waals surface area contributed by atoms with Gasteiger partial charge < -0.3 is 10.6 Å². The van der Waals surface area contributed by atoms with Crippen LogP contribution in [0, 0.1) is 0 Å². The molecule has 0 bridgehead atoms. The number of nitrogens with zero attached hydrogens (tertiary/aromatic N) is 3. The second kappa shape index (κ2) is 4.61. The summed E-state index contributed by atoms with van der Waals surface area (Å²) < 4.78 is 0. The minimum atomic E-state index is 0.0180. The van der Waals surface area contributed by atoms with Crippen LogP contribution in [0.15, 0.2) is 6.07 Å². The van der Waals surface area contributed by atoms with Crippen LogP contribution in [0.25, 0.3) is 0 Å². The lowest BCUT2D eigenvalue weighted by Crippen LogP contribution is -2.56. The maximum atomic E-state index is 12.3. The van der Waals surface area contributed by atoms with E-state index in [1.54, 1.807) is 6.07 Å². The number of piperazine rings is 1. The van der Waals surface area contributed by atoms with Gasteiger partial charge in [-0.15, -0.1) is 0 Å². The molecule has 2 aliphatic rings. The van der Waals surface area contributed by atoms with Gasteiger partial charge in [0.2, 0.25) is 0 Å². The van der Waals surface area contributed by atoms with Crippen molar-refractivity contribution in [2.24, 2.45) is 0 Å². The fraction of sp³-hybridized carbons (Fsp3) is 0.667. The number of fused-ring (bicyclic) bond motifs is 1. The van der Waals surface area contributed by atoms with Crippen LogP contribution in [0.3, 0.4) is 0 Å². The molecule has 1 atom stereocenters. The Kier molecular flexibility index (Phi) is 2.95. The molecule has 0 radical (unpaired) electrons. The number of hydrogen-bond acceptors (Lipinski definition) is 4. The van der Waals surface area contributed by atoms with E-state index in [-0.39, 0.29) is 5.91 Å². The lowest BCUT2D eigenvalue weighted by atomic mass is 9.99. The van der Waals surface area contributed by atoms with Gasteiger partial charge in [-0.3, -0.25) is 14.8 Å². The second-order valence-electron chi connectivity index (χ2n) is 5.14. The Hall–Kier alpha value is -1.56. The normalized spacial score (nSPS) is 24.9. The molecule has 2 fully saturated rings. The van der Waals surface area contributed by atoms with Crippen LogP contribution in [0.4, 0.5) is 5.82 Å². The summed E-state index contributed by atoms with van der Waals surface area (Å²) in [5, 5.41) is 6.50. The molecule has 1 aromatic heterocycles. The summed E-state index contributed by atoms with van der Waals surface area (Å²) >= 11 is 0. The van der Waals surface area contributed by atoms with E-state index in [4.69, 9.17) is 5.73 Å². The van der Waals surface area contributed by atoms with Gasteiger partial charge in [-0.1, -0.05) is 6.42 Å². The number of piperidine rings is 1. The molecule has 0 saturated carbocycles. The molecule has 6 heteroatoms. The average Bonchev–Trinajstić information content (AvgIpc) is 2.84. The van der Waals surface area contributed by atoms with Crippen molar-refractivity contribution in [2.45, 2.75) is 25.3 Å². The Morgan fingerprint density at radius 3 is 3.06 bits per heavy atom. The number of hydrogen-bond donors (Lipinski definition) is 2. The molecule has 18 heavy (non-hydrogen) atoms. The van der Waals surface area contributed by atoms with Gasteiger partial charge in [0.1, 0.15) is 11.5 Å². The number of nitrogens with two attached hydrogens (primary N) is 1. The first kappa shape index (κ1) is 11.5. The first-order chi connectivity index (χ1) is 8.74. The summed E-state index contributed by atoms with van der Waals surface area (Å²) in [7, 11) is 0. The minimum Gasteiger partial charge on any atom is -0.382 e. The Morgan fingerprint density at radius 2 is 2.28 bits per heavy atom. The van der Waals surface area contributed by atoms with Gasteiger partial charge in [-0.25, -0.2) is 0 Å². The zero-order valence-electron chi connectivity index (χ0n) is 10.4. The lowest BCUT2D eigenvalue weighted by Gasteiger charge is -2.43. The van der Waals surface area contributed by atoms with Crippen molar-refractivity contribution in [3.8, 4) is 0 Å². The van der Waals surface area contributed by atoms with E-state index in [0.29, 0.717) is 17.6 Å². The van der Waals surface area contributed by atoms with E-state index in [0.717, 1.165) is 19.6 Å². The van der Waals surface area contributed by atoms with Crippen LogP contribution < -0.4 is 5.73 Å². The number of aromatic nitrogens is 2. The van der Waals surface area contributed by atoms with Gasteiger partial charge in [-0.2, -0.15) is 5.10 Å². The third kappa shape index (κ3) is 2.08. The maximum absolute atomic E-state index is 12.3. The largest absolute Gasteiger partial charge is 0.382 e. The topological polar surface area (TPSA) is 78.3 Å². The molecule has 2 aliphatic heterocycles. The maximum Gasteiger partial charge on any atom is 0.272 e. The molecule has 1 aromatic rings. The fourth-order valence-corrected chi connectivity index (χ4v) is 2.96. The molecular formula is C12H19N5O. The highest BCUT2D eigenvalue weighted by Gasteiger charge is 2.31. The van der Waals surface area contributed by atoms with Gasteiger partial charge in [0, 0.05) is 31.7 Å². The minimum absolute atomic E-state index is 0.0180. The quantitative estimate of drug-likeness (QED) is 0.750. The van der Waals surface area contributed by atoms with Crippen LogP contribution in [-0.4, -0.2) is 58.1 Å². The van der Waals surface area contributed by atoms with Gasteiger partial charge in [-0.05, 0) is 19.4 Å². The Morgan fingerprint density at radius 1 is 1.39 bits per heavy atom. The van der Waals surface area contributed by atoms with Gasteiger partial charge in [0.15, 0.2) is 0 Å². The highest BCUT2D eigenvalue weighted by atomic mass is 16.2. The van der Waals surface area contributed by atoms with E-state index in [2.05, 4.69) is 15.1 Å². The highest BCUT2D eigenvalue weighted by molar-refractivity contribution is 5.93. The van der Waals surface area contributed by atoms with E-state index in [1.807, 2.05) is 4.90 Å². The highest BCUT2D eigenvalue weighted by Crippen LogP contribution is 2.22. The standard InChI is InChI=1S/C12H19N5O/c13-11-7-10(14-15-11)12(18)17-6-5-16-4-2-1-3-9(16)8-17/h7,9H,1-6,8H2,(H3,13,14,15). The van der Waals surface area contributed by atoms with Crippen molar-refractivity contribution in [2.75, 3.05) is 31.9 Å². The van der Waals surface area contributed by atoms with Crippen molar-refractivity contribution >= 4 is 11.7 Å². The zero-order valence-corrected chi connectivity index (χ0v) is 10.4. The molecule has 0 spiro atoms. The smallest absolute Gasteiger partial charge is 0.272 e. The zero-order chi connectivity index (χ0) is 12.5. The van der Waals surface area contributed by atoms with Crippen LogP contribution in [0.5, 0.6) is 0 Å². The van der Waals surface area contributed by atoms with E-state index in [1.165, 1.54) is 25.8 Å². The third-order valence-corrected chi connectivity index (χ3v) is 3.95. The van der Waals surface area contributed by atoms with Gasteiger partial charge in [0.25, 0.3) is 5.91 Å². The number of nitrogen functional groups attached to an aromatic ring is 1. The summed E-state index contributed by atoms with van der Waals surface area (Å²) in [6.07, 6.45) is 3.77. The number of amides is 1. The van der Waals surface area contributed by atoms with Gasteiger partial charge in [0.05, 0.1) is 0 Å². The number of rotatable bonds is 1.